The minimum absolute atomic E-state index is 0.322. The third-order valence-corrected chi connectivity index (χ3v) is 5.26. The molecule has 4 nitrogen and oxygen atoms in total. The van der Waals surface area contributed by atoms with Crippen molar-refractivity contribution in [1.82, 2.24) is 20.0 Å². The minimum Gasteiger partial charge on any atom is -0.314 e. The van der Waals surface area contributed by atoms with Crippen molar-refractivity contribution in [3.8, 4) is 0 Å². The van der Waals surface area contributed by atoms with Crippen LogP contribution in [0.25, 0.3) is 0 Å². The van der Waals surface area contributed by atoms with Gasteiger partial charge >= 0.3 is 0 Å². The predicted molar refractivity (Wildman–Crippen MR) is 79.6 cm³/mol. The summed E-state index contributed by atoms with van der Waals surface area (Å²) in [5, 5.41) is 3.46. The van der Waals surface area contributed by atoms with E-state index in [9.17, 15) is 0 Å². The number of hydrogen-bond acceptors (Lipinski definition) is 4. The van der Waals surface area contributed by atoms with Crippen LogP contribution >= 0.6 is 0 Å². The molecule has 1 atom stereocenters. The van der Waals surface area contributed by atoms with Crippen LogP contribution in [0.2, 0.25) is 0 Å². The highest BCUT2D eigenvalue weighted by Crippen LogP contribution is 2.24. The van der Waals surface area contributed by atoms with Gasteiger partial charge in [0.1, 0.15) is 0 Å². The van der Waals surface area contributed by atoms with Gasteiger partial charge < -0.3 is 5.32 Å². The van der Waals surface area contributed by atoms with E-state index in [1.165, 1.54) is 58.7 Å². The quantitative estimate of drug-likeness (QED) is 0.800. The number of nitrogens with one attached hydrogen (secondary N) is 1. The molecule has 0 aliphatic carbocycles. The lowest BCUT2D eigenvalue weighted by Crippen LogP contribution is -2.60. The van der Waals surface area contributed by atoms with Crippen molar-refractivity contribution in [2.45, 2.75) is 38.3 Å². The molecule has 0 aromatic carbocycles. The van der Waals surface area contributed by atoms with E-state index >= 15 is 0 Å². The highest BCUT2D eigenvalue weighted by molar-refractivity contribution is 4.92. The molecular weight excluding hydrogens is 236 g/mol. The van der Waals surface area contributed by atoms with Gasteiger partial charge in [-0.2, -0.15) is 0 Å². The smallest absolute Gasteiger partial charge is 0.0281 e. The second-order valence-corrected chi connectivity index (χ2v) is 7.12. The number of piperazine rings is 2. The molecule has 0 amide bonds. The van der Waals surface area contributed by atoms with Crippen molar-refractivity contribution in [2.24, 2.45) is 0 Å². The molecule has 0 bridgehead atoms. The Bertz CT molecular complexity index is 299. The van der Waals surface area contributed by atoms with E-state index in [-0.39, 0.29) is 0 Å². The molecule has 110 valence electrons. The van der Waals surface area contributed by atoms with E-state index in [0.717, 1.165) is 19.1 Å². The largest absolute Gasteiger partial charge is 0.314 e. The van der Waals surface area contributed by atoms with E-state index < -0.39 is 0 Å². The number of rotatable bonds is 3. The van der Waals surface area contributed by atoms with Gasteiger partial charge in [-0.25, -0.2) is 0 Å². The molecule has 3 heterocycles. The maximum absolute atomic E-state index is 3.46. The molecule has 1 unspecified atom stereocenters. The highest BCUT2D eigenvalue weighted by Gasteiger charge is 2.35. The van der Waals surface area contributed by atoms with E-state index in [2.05, 4.69) is 33.9 Å². The summed E-state index contributed by atoms with van der Waals surface area (Å²) in [6.07, 6.45) is 2.84. The van der Waals surface area contributed by atoms with Gasteiger partial charge in [0.25, 0.3) is 0 Å². The third-order valence-electron chi connectivity index (χ3n) is 5.26. The number of hydrogen-bond donors (Lipinski definition) is 1. The van der Waals surface area contributed by atoms with Gasteiger partial charge in [-0.05, 0) is 33.2 Å². The van der Waals surface area contributed by atoms with E-state index in [1.54, 1.807) is 0 Å². The Morgan fingerprint density at radius 1 is 1.05 bits per heavy atom. The van der Waals surface area contributed by atoms with Crippen molar-refractivity contribution in [1.29, 1.82) is 0 Å². The molecule has 0 aromatic rings. The Morgan fingerprint density at radius 2 is 1.84 bits per heavy atom. The van der Waals surface area contributed by atoms with Crippen LogP contribution in [-0.4, -0.2) is 85.2 Å². The number of fused-ring (bicyclic) bond motifs is 1. The summed E-state index contributed by atoms with van der Waals surface area (Å²) in [6.45, 7) is 16.0. The van der Waals surface area contributed by atoms with Crippen molar-refractivity contribution in [3.63, 3.8) is 0 Å². The molecular formula is C15H30N4. The van der Waals surface area contributed by atoms with Crippen molar-refractivity contribution >= 4 is 0 Å². The molecule has 3 fully saturated rings. The maximum Gasteiger partial charge on any atom is 0.0281 e. The summed E-state index contributed by atoms with van der Waals surface area (Å²) in [7, 11) is 0. The van der Waals surface area contributed by atoms with Crippen LogP contribution in [0.3, 0.4) is 0 Å². The Balaban J connectivity index is 1.54. The molecule has 0 radical (unpaired) electrons. The van der Waals surface area contributed by atoms with E-state index in [0.29, 0.717) is 5.54 Å². The topological polar surface area (TPSA) is 21.8 Å². The SMILES string of the molecule is CC(C)(CN1CCN2CCCC2C1)N1CCNCC1. The molecule has 19 heavy (non-hydrogen) atoms. The third kappa shape index (κ3) is 3.13. The average Bonchev–Trinajstić information content (AvgIpc) is 2.87. The zero-order chi connectivity index (χ0) is 13.3. The molecule has 0 aromatic heterocycles. The minimum atomic E-state index is 0.322. The van der Waals surface area contributed by atoms with Gasteiger partial charge in [0.15, 0.2) is 0 Å². The Hall–Kier alpha value is -0.160. The highest BCUT2D eigenvalue weighted by atomic mass is 15.3. The lowest BCUT2D eigenvalue weighted by molar-refractivity contribution is 0.0310. The summed E-state index contributed by atoms with van der Waals surface area (Å²) in [4.78, 5) is 8.09. The molecule has 3 aliphatic rings. The van der Waals surface area contributed by atoms with Gasteiger partial charge in [-0.1, -0.05) is 0 Å². The average molecular weight is 266 g/mol. The molecule has 3 saturated heterocycles. The Labute approximate surface area is 118 Å². The lowest BCUT2D eigenvalue weighted by Gasteiger charge is -2.46. The van der Waals surface area contributed by atoms with Crippen molar-refractivity contribution < 1.29 is 0 Å². The summed E-state index contributed by atoms with van der Waals surface area (Å²) >= 11 is 0. The Morgan fingerprint density at radius 3 is 2.63 bits per heavy atom. The molecule has 0 saturated carbocycles. The molecule has 3 rings (SSSR count). The van der Waals surface area contributed by atoms with Crippen LogP contribution < -0.4 is 5.32 Å². The Kier molecular flexibility index (Phi) is 4.13. The summed E-state index contributed by atoms with van der Waals surface area (Å²) < 4.78 is 0. The van der Waals surface area contributed by atoms with Crippen LogP contribution in [0.5, 0.6) is 0 Å². The monoisotopic (exact) mass is 266 g/mol. The van der Waals surface area contributed by atoms with Gasteiger partial charge in [0, 0.05) is 63.9 Å². The normalized spacial score (nSPS) is 31.6. The van der Waals surface area contributed by atoms with E-state index in [4.69, 9.17) is 0 Å². The predicted octanol–water partition coefficient (Wildman–Crippen LogP) is 0.450. The fourth-order valence-electron chi connectivity index (χ4n) is 4.12. The zero-order valence-corrected chi connectivity index (χ0v) is 12.7. The van der Waals surface area contributed by atoms with Gasteiger partial charge in [-0.3, -0.25) is 14.7 Å². The first kappa shape index (κ1) is 13.8. The zero-order valence-electron chi connectivity index (χ0n) is 12.7. The lowest BCUT2D eigenvalue weighted by atomic mass is 9.99. The maximum atomic E-state index is 3.46. The van der Waals surface area contributed by atoms with Gasteiger partial charge in [0.2, 0.25) is 0 Å². The number of nitrogens with zero attached hydrogens (tertiary/aromatic N) is 3. The molecule has 3 aliphatic heterocycles. The van der Waals surface area contributed by atoms with Crippen LogP contribution in [0.1, 0.15) is 26.7 Å². The van der Waals surface area contributed by atoms with Crippen LogP contribution in [0, 0.1) is 0 Å². The molecule has 1 N–H and O–H groups in total. The van der Waals surface area contributed by atoms with Crippen LogP contribution in [-0.2, 0) is 0 Å². The van der Waals surface area contributed by atoms with E-state index in [1.807, 2.05) is 0 Å². The fourth-order valence-corrected chi connectivity index (χ4v) is 4.12. The van der Waals surface area contributed by atoms with Crippen molar-refractivity contribution in [3.05, 3.63) is 0 Å². The summed E-state index contributed by atoms with van der Waals surface area (Å²) in [5.41, 5.74) is 0.322. The molecule has 4 heteroatoms. The van der Waals surface area contributed by atoms with Gasteiger partial charge in [-0.15, -0.1) is 0 Å². The fraction of sp³-hybridized carbons (Fsp3) is 1.00. The second-order valence-electron chi connectivity index (χ2n) is 7.12. The second kappa shape index (κ2) is 5.68. The van der Waals surface area contributed by atoms with Crippen LogP contribution in [0.4, 0.5) is 0 Å². The summed E-state index contributed by atoms with van der Waals surface area (Å²) in [6, 6.07) is 0.854. The van der Waals surface area contributed by atoms with Crippen molar-refractivity contribution in [2.75, 3.05) is 58.9 Å². The molecule has 0 spiro atoms. The first-order chi connectivity index (χ1) is 9.15. The summed E-state index contributed by atoms with van der Waals surface area (Å²) in [5.74, 6) is 0. The van der Waals surface area contributed by atoms with Crippen LogP contribution in [0.15, 0.2) is 0 Å². The van der Waals surface area contributed by atoms with Gasteiger partial charge in [0.05, 0.1) is 0 Å². The first-order valence-electron chi connectivity index (χ1n) is 8.07. The standard InChI is InChI=1S/C15H30N4/c1-15(2,19-8-5-16-6-9-19)13-17-10-11-18-7-3-4-14(18)12-17/h14,16H,3-13H2,1-2H3. The first-order valence-corrected chi connectivity index (χ1v) is 8.07.